The first-order chi connectivity index (χ1) is 25.4. The molecule has 1 N–H and O–H groups in total. The molecule has 294 valence electrons. The fourth-order valence-corrected chi connectivity index (χ4v) is 7.15. The number of piperidine rings is 1. The van der Waals surface area contributed by atoms with E-state index < -0.39 is 12.2 Å². The molecule has 12 heteroatoms. The predicted octanol–water partition coefficient (Wildman–Crippen LogP) is 7.57. The fraction of sp³-hybridized carbons (Fsp3) is 0.500. The third-order valence-corrected chi connectivity index (χ3v) is 9.67. The van der Waals surface area contributed by atoms with Crippen LogP contribution in [0.25, 0.3) is 0 Å². The molecule has 0 radical (unpaired) electrons. The number of methoxy groups -OCH3 is 1. The molecule has 0 aliphatic carbocycles. The highest BCUT2D eigenvalue weighted by Crippen LogP contribution is 2.46. The number of fused-ring (bicyclic) bond motifs is 1. The lowest BCUT2D eigenvalue weighted by Gasteiger charge is -2.33. The van der Waals surface area contributed by atoms with Crippen molar-refractivity contribution in [2.45, 2.75) is 84.5 Å². The largest absolute Gasteiger partial charge is 0.492 e. The number of anilines is 1. The lowest BCUT2D eigenvalue weighted by atomic mass is 9.94. The average Bonchev–Trinajstić information content (AvgIpc) is 3.22. The minimum Gasteiger partial charge on any atom is -0.492 e. The molecule has 3 aromatic rings. The van der Waals surface area contributed by atoms with Crippen molar-refractivity contribution in [2.75, 3.05) is 51.3 Å². The molecule has 2 atom stereocenters. The maximum Gasteiger partial charge on any atom is 0.302 e. The quantitative estimate of drug-likeness (QED) is 0.124. The van der Waals surface area contributed by atoms with E-state index in [0.717, 1.165) is 32.4 Å². The molecule has 2 aliphatic rings. The molecule has 0 unspecified atom stereocenters. The van der Waals surface area contributed by atoms with Crippen molar-refractivity contribution in [1.82, 2.24) is 10.2 Å². The summed E-state index contributed by atoms with van der Waals surface area (Å²) in [5, 5.41) is 4.00. The van der Waals surface area contributed by atoms with Crippen molar-refractivity contribution in [3.8, 4) is 11.5 Å². The van der Waals surface area contributed by atoms with Crippen LogP contribution in [0.2, 0.25) is 5.02 Å². The summed E-state index contributed by atoms with van der Waals surface area (Å²) in [5.41, 5.74) is 3.11. The van der Waals surface area contributed by atoms with E-state index in [1.165, 1.54) is 12.5 Å². The van der Waals surface area contributed by atoms with E-state index in [2.05, 4.69) is 50.4 Å². The van der Waals surface area contributed by atoms with E-state index in [-0.39, 0.29) is 48.1 Å². The van der Waals surface area contributed by atoms with Crippen molar-refractivity contribution in [1.29, 1.82) is 0 Å². The smallest absolute Gasteiger partial charge is 0.302 e. The molecule has 10 nitrogen and oxygen atoms in total. The normalized spacial score (nSPS) is 17.6. The van der Waals surface area contributed by atoms with Crippen LogP contribution in [0.4, 0.5) is 5.69 Å². The molecule has 3 aromatic carbocycles. The Balaban J connectivity index is 0.00000650. The van der Waals surface area contributed by atoms with Gasteiger partial charge in [-0.25, -0.2) is 0 Å². The standard InChI is InChI=1S/C42H54ClN3O7.ClH/c1-29(47)52-32-19-23-45(24-20-32)38(48)27-37-41(49)46(28-42(2,3)4)35-18-17-31(43)26-34(35)39(53-37)33-15-9-16-36(40(33)50-5)51-25-11-22-44-21-10-14-30-12-7-6-8-13-30;/h6-9,12-13,15-18,26,32,37,39,44H,10-11,14,19-25,27-28H2,1-5H3;1H/t37-,39-;/m1./s1. The zero-order valence-electron chi connectivity index (χ0n) is 32.1. The van der Waals surface area contributed by atoms with Gasteiger partial charge < -0.3 is 34.1 Å². The summed E-state index contributed by atoms with van der Waals surface area (Å²) in [6, 6.07) is 21.6. The molecule has 0 bridgehead atoms. The molecule has 0 aromatic heterocycles. The fourth-order valence-electron chi connectivity index (χ4n) is 6.97. The lowest BCUT2D eigenvalue weighted by molar-refractivity contribution is -0.151. The molecule has 1 saturated heterocycles. The molecular weight excluding hydrogens is 729 g/mol. The van der Waals surface area contributed by atoms with Gasteiger partial charge in [-0.2, -0.15) is 0 Å². The van der Waals surface area contributed by atoms with E-state index in [0.29, 0.717) is 72.4 Å². The summed E-state index contributed by atoms with van der Waals surface area (Å²) < 4.78 is 24.4. The number of hydrogen-bond acceptors (Lipinski definition) is 8. The molecule has 2 aliphatic heterocycles. The molecule has 1 fully saturated rings. The molecule has 54 heavy (non-hydrogen) atoms. The minimum atomic E-state index is -1.09. The first-order valence-electron chi connectivity index (χ1n) is 18.7. The Morgan fingerprint density at radius 1 is 0.963 bits per heavy atom. The Morgan fingerprint density at radius 2 is 1.69 bits per heavy atom. The number of para-hydroxylation sites is 1. The second-order valence-corrected chi connectivity index (χ2v) is 15.4. The monoisotopic (exact) mass is 783 g/mol. The summed E-state index contributed by atoms with van der Waals surface area (Å²) in [7, 11) is 1.59. The van der Waals surface area contributed by atoms with Crippen LogP contribution in [-0.4, -0.2) is 81.3 Å². The second-order valence-electron chi connectivity index (χ2n) is 15.0. The van der Waals surface area contributed by atoms with Gasteiger partial charge in [-0.05, 0) is 67.6 Å². The first-order valence-corrected chi connectivity index (χ1v) is 19.1. The topological polar surface area (TPSA) is 107 Å². The van der Waals surface area contributed by atoms with E-state index in [9.17, 15) is 14.4 Å². The highest BCUT2D eigenvalue weighted by Gasteiger charge is 2.41. The van der Waals surface area contributed by atoms with Crippen LogP contribution >= 0.6 is 24.0 Å². The minimum absolute atomic E-state index is 0. The molecular formula is C42H55Cl2N3O7. The van der Waals surface area contributed by atoms with Crippen LogP contribution in [0.1, 0.15) is 82.6 Å². The van der Waals surface area contributed by atoms with Crippen LogP contribution in [-0.2, 0) is 30.3 Å². The molecule has 0 saturated carbocycles. The number of ether oxygens (including phenoxy) is 4. The number of halogens is 2. The number of carbonyl (C=O) groups is 3. The number of nitrogens with zero attached hydrogens (tertiary/aromatic N) is 2. The zero-order chi connectivity index (χ0) is 38.0. The Bertz CT molecular complexity index is 1690. The van der Waals surface area contributed by atoms with Crippen LogP contribution < -0.4 is 19.7 Å². The third kappa shape index (κ3) is 11.8. The highest BCUT2D eigenvalue weighted by atomic mass is 35.5. The SMILES string of the molecule is COc1c(OCCCNCCCc2ccccc2)cccc1[C@H]1O[C@H](CC(=O)N2CCC(OC(C)=O)CC2)C(=O)N(CC(C)(C)C)c2ccc(Cl)cc21.Cl. The van der Waals surface area contributed by atoms with Gasteiger partial charge in [0.15, 0.2) is 11.5 Å². The number of aryl methyl sites for hydroxylation is 1. The summed E-state index contributed by atoms with van der Waals surface area (Å²) in [6.07, 6.45) is 1.73. The summed E-state index contributed by atoms with van der Waals surface area (Å²) in [5.74, 6) is 0.238. The number of nitrogens with one attached hydrogen (secondary N) is 1. The van der Waals surface area contributed by atoms with Crippen LogP contribution in [0.15, 0.2) is 66.7 Å². The van der Waals surface area contributed by atoms with Gasteiger partial charge >= 0.3 is 5.97 Å². The van der Waals surface area contributed by atoms with Crippen LogP contribution in [0.3, 0.4) is 0 Å². The Morgan fingerprint density at radius 3 is 2.37 bits per heavy atom. The Labute approximate surface area is 331 Å². The first kappa shape index (κ1) is 42.9. The Hall–Kier alpha value is -3.83. The predicted molar refractivity (Wildman–Crippen MR) is 214 cm³/mol. The molecule has 0 spiro atoms. The lowest BCUT2D eigenvalue weighted by Crippen LogP contribution is -2.47. The zero-order valence-corrected chi connectivity index (χ0v) is 33.7. The van der Waals surface area contributed by atoms with E-state index in [1.54, 1.807) is 23.0 Å². The molecule has 2 heterocycles. The molecule has 2 amide bonds. The van der Waals surface area contributed by atoms with E-state index in [1.807, 2.05) is 36.4 Å². The van der Waals surface area contributed by atoms with E-state index in [4.69, 9.17) is 30.5 Å². The number of amides is 2. The van der Waals surface area contributed by atoms with Gasteiger partial charge in [0.2, 0.25) is 5.91 Å². The van der Waals surface area contributed by atoms with Gasteiger partial charge in [0.05, 0.1) is 20.1 Å². The maximum absolute atomic E-state index is 14.5. The number of rotatable bonds is 15. The van der Waals surface area contributed by atoms with Gasteiger partial charge in [-0.1, -0.05) is 74.8 Å². The number of carbonyl (C=O) groups excluding carboxylic acids is 3. The van der Waals surface area contributed by atoms with Gasteiger partial charge in [0.1, 0.15) is 18.3 Å². The van der Waals surface area contributed by atoms with E-state index >= 15 is 0 Å². The van der Waals surface area contributed by atoms with Gasteiger partial charge in [0, 0.05) is 61.2 Å². The van der Waals surface area contributed by atoms with Crippen LogP contribution in [0.5, 0.6) is 11.5 Å². The maximum atomic E-state index is 14.5. The van der Waals surface area contributed by atoms with Crippen molar-refractivity contribution in [3.05, 3.63) is 88.4 Å². The number of benzene rings is 3. The van der Waals surface area contributed by atoms with Gasteiger partial charge in [-0.15, -0.1) is 12.4 Å². The van der Waals surface area contributed by atoms with Crippen molar-refractivity contribution >= 4 is 47.5 Å². The highest BCUT2D eigenvalue weighted by molar-refractivity contribution is 6.30. The Kier molecular flexibility index (Phi) is 16.0. The second kappa shape index (κ2) is 20.2. The van der Waals surface area contributed by atoms with Crippen molar-refractivity contribution in [3.63, 3.8) is 0 Å². The summed E-state index contributed by atoms with van der Waals surface area (Å²) in [4.78, 5) is 43.2. The summed E-state index contributed by atoms with van der Waals surface area (Å²) in [6.45, 7) is 11.1. The number of esters is 1. The average molecular weight is 785 g/mol. The van der Waals surface area contributed by atoms with Crippen LogP contribution in [0, 0.1) is 5.41 Å². The number of hydrogen-bond donors (Lipinski definition) is 1. The molecule has 5 rings (SSSR count). The number of likely N-dealkylation sites (tertiary alicyclic amines) is 1. The van der Waals surface area contributed by atoms with Gasteiger partial charge in [-0.3, -0.25) is 14.4 Å². The van der Waals surface area contributed by atoms with Gasteiger partial charge in [0.25, 0.3) is 5.91 Å². The summed E-state index contributed by atoms with van der Waals surface area (Å²) >= 11 is 6.62. The van der Waals surface area contributed by atoms with Crippen molar-refractivity contribution < 1.29 is 33.3 Å². The third-order valence-electron chi connectivity index (χ3n) is 9.44. The van der Waals surface area contributed by atoms with Crippen molar-refractivity contribution in [2.24, 2.45) is 5.41 Å².